The first-order valence-electron chi connectivity index (χ1n) is 11.2. The average molecular weight is 489 g/mol. The van der Waals surface area contributed by atoms with Crippen molar-refractivity contribution in [2.45, 2.75) is 68.8 Å². The summed E-state index contributed by atoms with van der Waals surface area (Å²) in [5.41, 5.74) is -2.57. The molecule has 0 spiro atoms. The molecule has 0 radical (unpaired) electrons. The maximum atomic E-state index is 15.0. The number of aliphatic hydroxyl groups is 1. The molecule has 0 aliphatic heterocycles. The van der Waals surface area contributed by atoms with Crippen LogP contribution in [-0.2, 0) is 14.3 Å². The van der Waals surface area contributed by atoms with Crippen molar-refractivity contribution in [2.24, 2.45) is 11.3 Å². The fraction of sp³-hybridized carbons (Fsp3) is 0.652. The van der Waals surface area contributed by atoms with Crippen LogP contribution in [0.3, 0.4) is 0 Å². The maximum Gasteiger partial charge on any atom is 0.246 e. The van der Waals surface area contributed by atoms with Crippen LogP contribution in [-0.4, -0.2) is 48.5 Å². The number of fused-ring (bicyclic) bond motifs is 2. The SMILES string of the molecule is COCC(=O)N[C@H]1C[C@@H](C(=O)N[C@H](c2c(F)ccc(Cl)c2F)C23CCC(F)(CC2)C3)C[C@H]1O. The van der Waals surface area contributed by atoms with Gasteiger partial charge in [0.25, 0.3) is 0 Å². The highest BCUT2D eigenvalue weighted by molar-refractivity contribution is 6.30. The number of amides is 2. The van der Waals surface area contributed by atoms with Crippen molar-refractivity contribution in [1.29, 1.82) is 0 Å². The van der Waals surface area contributed by atoms with Crippen molar-refractivity contribution in [3.63, 3.8) is 0 Å². The number of halogens is 4. The van der Waals surface area contributed by atoms with E-state index in [4.69, 9.17) is 16.3 Å². The van der Waals surface area contributed by atoms with Gasteiger partial charge in [-0.1, -0.05) is 11.6 Å². The lowest BCUT2D eigenvalue weighted by Crippen LogP contribution is -2.43. The largest absolute Gasteiger partial charge is 0.391 e. The number of nitrogens with one attached hydrogen (secondary N) is 2. The van der Waals surface area contributed by atoms with Crippen LogP contribution in [0.1, 0.15) is 56.6 Å². The lowest BCUT2D eigenvalue weighted by Gasteiger charge is -2.37. The monoisotopic (exact) mass is 488 g/mol. The van der Waals surface area contributed by atoms with Gasteiger partial charge in [0.1, 0.15) is 23.9 Å². The summed E-state index contributed by atoms with van der Waals surface area (Å²) in [6.07, 6.45) is 0.740. The van der Waals surface area contributed by atoms with Gasteiger partial charge in [0, 0.05) is 18.6 Å². The van der Waals surface area contributed by atoms with Crippen molar-refractivity contribution >= 4 is 23.4 Å². The van der Waals surface area contributed by atoms with E-state index in [0.717, 1.165) is 12.1 Å². The molecule has 2 bridgehead atoms. The van der Waals surface area contributed by atoms with Gasteiger partial charge < -0.3 is 20.5 Å². The molecule has 3 saturated carbocycles. The molecule has 33 heavy (non-hydrogen) atoms. The third-order valence-electron chi connectivity index (χ3n) is 7.60. The van der Waals surface area contributed by atoms with Crippen LogP contribution in [0.15, 0.2) is 12.1 Å². The number of hydrogen-bond acceptors (Lipinski definition) is 4. The lowest BCUT2D eigenvalue weighted by molar-refractivity contribution is -0.128. The minimum absolute atomic E-state index is 0.0804. The molecule has 2 amide bonds. The Balaban J connectivity index is 1.58. The minimum Gasteiger partial charge on any atom is -0.391 e. The number of alkyl halides is 1. The van der Waals surface area contributed by atoms with Crippen LogP contribution in [0.5, 0.6) is 0 Å². The topological polar surface area (TPSA) is 87.7 Å². The summed E-state index contributed by atoms with van der Waals surface area (Å²) in [5.74, 6) is -3.42. The molecule has 4 atom stereocenters. The Bertz CT molecular complexity index is 939. The highest BCUT2D eigenvalue weighted by Crippen LogP contribution is 2.63. The molecule has 0 saturated heterocycles. The second kappa shape index (κ2) is 9.07. The molecule has 6 nitrogen and oxygen atoms in total. The van der Waals surface area contributed by atoms with Gasteiger partial charge in [-0.15, -0.1) is 0 Å². The molecule has 3 N–H and O–H groups in total. The molecule has 3 aliphatic rings. The number of methoxy groups -OCH3 is 1. The Morgan fingerprint density at radius 1 is 1.24 bits per heavy atom. The zero-order valence-electron chi connectivity index (χ0n) is 18.3. The summed E-state index contributed by atoms with van der Waals surface area (Å²) in [6, 6.07) is 0.415. The van der Waals surface area contributed by atoms with Crippen molar-refractivity contribution in [1.82, 2.24) is 10.6 Å². The number of ether oxygens (including phenoxy) is 1. The highest BCUT2D eigenvalue weighted by Gasteiger charge is 2.59. The van der Waals surface area contributed by atoms with Crippen molar-refractivity contribution < 1.29 is 32.6 Å². The zero-order valence-corrected chi connectivity index (χ0v) is 19.1. The number of benzene rings is 1. The number of hydrogen-bond donors (Lipinski definition) is 3. The van der Waals surface area contributed by atoms with Gasteiger partial charge in [-0.25, -0.2) is 13.2 Å². The van der Waals surface area contributed by atoms with Gasteiger partial charge in [0.2, 0.25) is 11.8 Å². The minimum atomic E-state index is -1.39. The summed E-state index contributed by atoms with van der Waals surface area (Å²) in [5, 5.41) is 15.5. The van der Waals surface area contributed by atoms with Gasteiger partial charge in [-0.2, -0.15) is 0 Å². The van der Waals surface area contributed by atoms with E-state index in [9.17, 15) is 19.1 Å². The van der Waals surface area contributed by atoms with Crippen LogP contribution < -0.4 is 10.6 Å². The number of rotatable bonds is 7. The molecule has 1 aromatic rings. The highest BCUT2D eigenvalue weighted by atomic mass is 35.5. The Kier molecular flexibility index (Phi) is 6.68. The van der Waals surface area contributed by atoms with Gasteiger partial charge in [0.05, 0.1) is 23.2 Å². The van der Waals surface area contributed by atoms with Crippen LogP contribution >= 0.6 is 11.6 Å². The predicted molar refractivity (Wildman–Crippen MR) is 114 cm³/mol. The van der Waals surface area contributed by atoms with E-state index in [1.807, 2.05) is 0 Å². The van der Waals surface area contributed by atoms with E-state index in [1.54, 1.807) is 0 Å². The van der Waals surface area contributed by atoms with E-state index in [0.29, 0.717) is 12.8 Å². The maximum absolute atomic E-state index is 15.0. The fourth-order valence-electron chi connectivity index (χ4n) is 5.93. The average Bonchev–Trinajstić information content (AvgIpc) is 3.41. The molecular weight excluding hydrogens is 461 g/mol. The van der Waals surface area contributed by atoms with Crippen LogP contribution in [0.25, 0.3) is 0 Å². The third-order valence-corrected chi connectivity index (χ3v) is 7.89. The van der Waals surface area contributed by atoms with Crippen LogP contribution in [0.2, 0.25) is 5.02 Å². The molecular formula is C23H28ClF3N2O4. The fourth-order valence-corrected chi connectivity index (χ4v) is 6.10. The van der Waals surface area contributed by atoms with Crippen LogP contribution in [0.4, 0.5) is 13.2 Å². The number of carbonyl (C=O) groups is 2. The van der Waals surface area contributed by atoms with Gasteiger partial charge in [-0.05, 0) is 62.5 Å². The lowest BCUT2D eigenvalue weighted by atomic mass is 9.74. The Labute approximate surface area is 195 Å². The zero-order chi connectivity index (χ0) is 24.0. The van der Waals surface area contributed by atoms with Gasteiger partial charge >= 0.3 is 0 Å². The number of carbonyl (C=O) groups excluding carboxylic acids is 2. The summed E-state index contributed by atoms with van der Waals surface area (Å²) < 4.78 is 49.7. The molecule has 3 aliphatic carbocycles. The van der Waals surface area contributed by atoms with E-state index in [2.05, 4.69) is 10.6 Å². The Morgan fingerprint density at radius 3 is 2.55 bits per heavy atom. The molecule has 182 valence electrons. The van der Waals surface area contributed by atoms with Gasteiger partial charge in [0.15, 0.2) is 0 Å². The van der Waals surface area contributed by atoms with Crippen molar-refractivity contribution in [3.8, 4) is 0 Å². The summed E-state index contributed by atoms with van der Waals surface area (Å²) >= 11 is 5.93. The first-order chi connectivity index (χ1) is 15.6. The first-order valence-corrected chi connectivity index (χ1v) is 11.5. The Morgan fingerprint density at radius 2 is 1.94 bits per heavy atom. The summed E-state index contributed by atoms with van der Waals surface area (Å²) in [4.78, 5) is 25.0. The molecule has 3 fully saturated rings. The molecule has 1 aromatic carbocycles. The second-order valence-corrected chi connectivity index (χ2v) is 10.1. The molecule has 10 heteroatoms. The van der Waals surface area contributed by atoms with Gasteiger partial charge in [-0.3, -0.25) is 9.59 Å². The van der Waals surface area contributed by atoms with Crippen LogP contribution in [0, 0.1) is 23.0 Å². The first kappa shape index (κ1) is 24.3. The molecule has 0 aromatic heterocycles. The Hall–Kier alpha value is -1.84. The molecule has 0 heterocycles. The van der Waals surface area contributed by atoms with Crippen molar-refractivity contribution in [3.05, 3.63) is 34.4 Å². The van der Waals surface area contributed by atoms with E-state index < -0.39 is 58.6 Å². The van der Waals surface area contributed by atoms with Crippen molar-refractivity contribution in [2.75, 3.05) is 13.7 Å². The number of aliphatic hydroxyl groups excluding tert-OH is 1. The van der Waals surface area contributed by atoms with E-state index >= 15 is 8.78 Å². The standard InChI is InChI=1S/C23H28ClF3N2O4/c1-33-10-17(31)28-15-8-12(9-16(15)30)21(32)29-20(18-14(25)3-2-13(24)19(18)26)22-4-6-23(27,11-22)7-5-22/h2-3,12,15-16,20,30H,4-11H2,1H3,(H,28,31)(H,29,32)/t12-,15+,16-,20-,22?,23?/m1/s1. The summed E-state index contributed by atoms with van der Waals surface area (Å²) in [7, 11) is 1.37. The molecule has 0 unspecified atom stereocenters. The molecule has 4 rings (SSSR count). The van der Waals surface area contributed by atoms with E-state index in [-0.39, 0.29) is 49.3 Å². The smallest absolute Gasteiger partial charge is 0.246 e. The predicted octanol–water partition coefficient (Wildman–Crippen LogP) is 3.35. The summed E-state index contributed by atoms with van der Waals surface area (Å²) in [6.45, 7) is -0.178. The second-order valence-electron chi connectivity index (χ2n) is 9.73. The third kappa shape index (κ3) is 4.59. The normalized spacial score (nSPS) is 33.8. The van der Waals surface area contributed by atoms with E-state index in [1.165, 1.54) is 7.11 Å². The quantitative estimate of drug-likeness (QED) is 0.514.